The van der Waals surface area contributed by atoms with E-state index in [1.807, 2.05) is 0 Å². The predicted octanol–water partition coefficient (Wildman–Crippen LogP) is -0.519. The smallest absolute Gasteiger partial charge is 0.463 e. The molecule has 0 bridgehead atoms. The molecule has 1 saturated heterocycles. The third kappa shape index (κ3) is 3.53. The topological polar surface area (TPSA) is 117 Å². The van der Waals surface area contributed by atoms with Crippen LogP contribution in [0.4, 0.5) is 5.82 Å². The second-order valence-corrected chi connectivity index (χ2v) is 5.71. The van der Waals surface area contributed by atoms with Crippen LogP contribution in [-0.4, -0.2) is 47.7 Å². The minimum absolute atomic E-state index is 0.0586. The number of amides is 1. The van der Waals surface area contributed by atoms with E-state index in [2.05, 4.69) is 10.3 Å². The zero-order valence-corrected chi connectivity index (χ0v) is 13.9. The number of carbonyl (C=O) groups excluding carboxylic acids is 3. The van der Waals surface area contributed by atoms with Crippen LogP contribution in [0.5, 0.6) is 6.01 Å². The molecule has 2 aliphatic rings. The maximum absolute atomic E-state index is 11.4. The number of hydrogen-bond donors (Lipinski definition) is 1. The molecule has 0 radical (unpaired) electrons. The zero-order valence-electron chi connectivity index (χ0n) is 13.9. The lowest BCUT2D eigenvalue weighted by molar-refractivity contribution is -0.746. The summed E-state index contributed by atoms with van der Waals surface area (Å²) in [6.07, 6.45) is -0.980. The van der Waals surface area contributed by atoms with Gasteiger partial charge in [0.05, 0.1) is 0 Å². The van der Waals surface area contributed by atoms with Gasteiger partial charge < -0.3 is 18.9 Å². The van der Waals surface area contributed by atoms with Crippen LogP contribution in [0.2, 0.25) is 0 Å². The van der Waals surface area contributed by atoms with Crippen LogP contribution >= 0.6 is 0 Å². The molecule has 3 heterocycles. The van der Waals surface area contributed by atoms with Crippen molar-refractivity contribution in [1.29, 1.82) is 0 Å². The number of ether oxygens (including phenoxy) is 4. The fraction of sp³-hybridized carbons (Fsp3) is 0.533. The third-order valence-electron chi connectivity index (χ3n) is 3.69. The van der Waals surface area contributed by atoms with Crippen molar-refractivity contribution in [3.8, 4) is 6.01 Å². The number of rotatable bonds is 4. The highest BCUT2D eigenvalue weighted by atomic mass is 16.7. The van der Waals surface area contributed by atoms with Crippen molar-refractivity contribution in [2.24, 2.45) is 0 Å². The molecule has 0 aromatic carbocycles. The van der Waals surface area contributed by atoms with E-state index in [4.69, 9.17) is 18.9 Å². The molecule has 1 fully saturated rings. The Labute approximate surface area is 143 Å². The summed E-state index contributed by atoms with van der Waals surface area (Å²) in [7, 11) is 0. The molecule has 0 aliphatic carbocycles. The molecular weight excluding hydrogens is 334 g/mol. The van der Waals surface area contributed by atoms with E-state index in [0.717, 1.165) is 0 Å². The Balaban J connectivity index is 1.81. The highest BCUT2D eigenvalue weighted by Crippen LogP contribution is 2.36. The van der Waals surface area contributed by atoms with Crippen molar-refractivity contribution >= 4 is 23.7 Å². The lowest BCUT2D eigenvalue weighted by Gasteiger charge is -2.19. The van der Waals surface area contributed by atoms with Crippen molar-refractivity contribution in [3.63, 3.8) is 0 Å². The Morgan fingerprint density at radius 1 is 1.28 bits per heavy atom. The molecule has 1 N–H and O–H groups in total. The summed E-state index contributed by atoms with van der Waals surface area (Å²) >= 11 is 0. The molecule has 134 valence electrons. The Kier molecular flexibility index (Phi) is 4.53. The first-order chi connectivity index (χ1) is 11.8. The third-order valence-corrected chi connectivity index (χ3v) is 3.69. The number of nitrogens with one attached hydrogen (secondary N) is 1. The Morgan fingerprint density at radius 2 is 2.04 bits per heavy atom. The van der Waals surface area contributed by atoms with E-state index in [0.29, 0.717) is 5.82 Å². The molecule has 10 heteroatoms. The zero-order chi connectivity index (χ0) is 18.1. The van der Waals surface area contributed by atoms with Gasteiger partial charge in [0.15, 0.2) is 6.10 Å². The van der Waals surface area contributed by atoms with Gasteiger partial charge in [0.1, 0.15) is 18.9 Å². The molecule has 2 aliphatic heterocycles. The van der Waals surface area contributed by atoms with E-state index >= 15 is 0 Å². The van der Waals surface area contributed by atoms with Gasteiger partial charge in [-0.05, 0) is 0 Å². The maximum atomic E-state index is 11.4. The van der Waals surface area contributed by atoms with Crippen LogP contribution in [0.3, 0.4) is 0 Å². The molecular formula is C15H18N3O7+. The maximum Gasteiger partial charge on any atom is 0.503 e. The molecule has 10 nitrogen and oxygen atoms in total. The molecule has 25 heavy (non-hydrogen) atoms. The molecule has 0 spiro atoms. The highest BCUT2D eigenvalue weighted by Gasteiger charge is 2.58. The van der Waals surface area contributed by atoms with E-state index in [9.17, 15) is 14.4 Å². The number of fused-ring (bicyclic) bond motifs is 3. The van der Waals surface area contributed by atoms with Crippen molar-refractivity contribution in [2.75, 3.05) is 11.9 Å². The quantitative estimate of drug-likeness (QED) is 0.568. The minimum atomic E-state index is -0.757. The van der Waals surface area contributed by atoms with Crippen LogP contribution in [-0.2, 0) is 28.6 Å². The second kappa shape index (κ2) is 6.63. The normalized spacial score (nSPS) is 26.2. The molecule has 1 aromatic heterocycles. The summed E-state index contributed by atoms with van der Waals surface area (Å²) < 4.78 is 23.5. The van der Waals surface area contributed by atoms with Crippen LogP contribution in [0, 0.1) is 0 Å². The Morgan fingerprint density at radius 3 is 2.68 bits per heavy atom. The van der Waals surface area contributed by atoms with Gasteiger partial charge in [-0.25, -0.2) is 0 Å². The first kappa shape index (κ1) is 17.1. The number of carbonyl (C=O) groups is 3. The summed E-state index contributed by atoms with van der Waals surface area (Å²) in [5.41, 5.74) is 0. The van der Waals surface area contributed by atoms with E-state index in [1.165, 1.54) is 20.8 Å². The van der Waals surface area contributed by atoms with Gasteiger partial charge in [-0.2, -0.15) is 4.57 Å². The standard InChI is InChI=1S/C15H17N3O7/c1-7(19)16-11-4-5-18-14-13(25-15(18)17-11)12(23-9(3)21)10(24-14)6-22-8(2)20/h4-5,10,12-14H,6H2,1-3H3/p+1/t10-,12-,13+,14-/m1/s1. The molecule has 4 atom stereocenters. The second-order valence-electron chi connectivity index (χ2n) is 5.71. The van der Waals surface area contributed by atoms with Gasteiger partial charge in [-0.15, -0.1) is 0 Å². The average Bonchev–Trinajstić information content (AvgIpc) is 3.00. The predicted molar refractivity (Wildman–Crippen MR) is 79.2 cm³/mol. The largest absolute Gasteiger partial charge is 0.503 e. The summed E-state index contributed by atoms with van der Waals surface area (Å²) in [4.78, 5) is 37.8. The van der Waals surface area contributed by atoms with Gasteiger partial charge in [0, 0.05) is 31.8 Å². The van der Waals surface area contributed by atoms with Crippen molar-refractivity contribution in [1.82, 2.24) is 4.98 Å². The summed E-state index contributed by atoms with van der Waals surface area (Å²) in [5, 5.41) is 2.56. The summed E-state index contributed by atoms with van der Waals surface area (Å²) in [6.45, 7) is 3.87. The van der Waals surface area contributed by atoms with Crippen LogP contribution in [0.25, 0.3) is 0 Å². The number of anilines is 1. The van der Waals surface area contributed by atoms with Crippen LogP contribution in [0.1, 0.15) is 27.0 Å². The SMILES string of the molecule is CC(=O)Nc1cc[n+]2c(n1)O[C@H]1[C@H](OC(C)=O)[C@@H](COC(C)=O)O[C@H]12. The molecule has 3 rings (SSSR count). The Bertz CT molecular complexity index is 723. The molecule has 0 unspecified atom stereocenters. The lowest BCUT2D eigenvalue weighted by atomic mass is 10.1. The molecule has 1 amide bonds. The number of hydrogen-bond acceptors (Lipinski definition) is 8. The fourth-order valence-corrected chi connectivity index (χ4v) is 2.79. The van der Waals surface area contributed by atoms with Crippen molar-refractivity contribution < 1.29 is 37.9 Å². The molecule has 0 saturated carbocycles. The van der Waals surface area contributed by atoms with Gasteiger partial charge in [-0.3, -0.25) is 19.7 Å². The highest BCUT2D eigenvalue weighted by molar-refractivity contribution is 5.87. The number of aromatic nitrogens is 2. The van der Waals surface area contributed by atoms with E-state index in [-0.39, 0.29) is 18.5 Å². The van der Waals surface area contributed by atoms with Crippen LogP contribution in [0.15, 0.2) is 12.3 Å². The number of esters is 2. The fourth-order valence-electron chi connectivity index (χ4n) is 2.79. The summed E-state index contributed by atoms with van der Waals surface area (Å²) in [5.74, 6) is -0.887. The van der Waals surface area contributed by atoms with Crippen molar-refractivity contribution in [3.05, 3.63) is 12.3 Å². The van der Waals surface area contributed by atoms with E-state index in [1.54, 1.807) is 16.8 Å². The van der Waals surface area contributed by atoms with E-state index < -0.39 is 36.5 Å². The Hall–Kier alpha value is -2.75. The monoisotopic (exact) mass is 352 g/mol. The lowest BCUT2D eigenvalue weighted by Crippen LogP contribution is -2.40. The van der Waals surface area contributed by atoms with Gasteiger partial charge >= 0.3 is 17.9 Å². The van der Waals surface area contributed by atoms with Gasteiger partial charge in [0.2, 0.25) is 18.2 Å². The number of nitrogens with zero attached hydrogens (tertiary/aromatic N) is 2. The summed E-state index contributed by atoms with van der Waals surface area (Å²) in [6, 6.07) is 1.82. The first-order valence-corrected chi connectivity index (χ1v) is 7.67. The first-order valence-electron chi connectivity index (χ1n) is 7.67. The van der Waals surface area contributed by atoms with Crippen LogP contribution < -0.4 is 14.6 Å². The average molecular weight is 352 g/mol. The van der Waals surface area contributed by atoms with Gasteiger partial charge in [-0.1, -0.05) is 0 Å². The minimum Gasteiger partial charge on any atom is -0.463 e. The molecule has 1 aromatic rings. The van der Waals surface area contributed by atoms with Gasteiger partial charge in [0.25, 0.3) is 5.82 Å². The van der Waals surface area contributed by atoms with Crippen molar-refractivity contribution in [2.45, 2.75) is 45.3 Å².